The first kappa shape index (κ1) is 15.9. The van der Waals surface area contributed by atoms with Crippen LogP contribution in [0, 0.1) is 5.41 Å². The maximum atomic E-state index is 5.66. The first-order valence-electron chi connectivity index (χ1n) is 7.37. The summed E-state index contributed by atoms with van der Waals surface area (Å²) in [6, 6.07) is 0.730. The van der Waals surface area contributed by atoms with Crippen molar-refractivity contribution in [2.75, 3.05) is 39.8 Å². The van der Waals surface area contributed by atoms with Gasteiger partial charge in [-0.3, -0.25) is 9.80 Å². The Kier molecular flexibility index (Phi) is 6.09. The Morgan fingerprint density at radius 2 is 1.67 bits per heavy atom. The minimum atomic E-state index is 0.225. The van der Waals surface area contributed by atoms with Gasteiger partial charge >= 0.3 is 0 Å². The second kappa shape index (κ2) is 6.88. The van der Waals surface area contributed by atoms with E-state index in [2.05, 4.69) is 44.4 Å². The molecule has 1 rings (SSSR count). The maximum absolute atomic E-state index is 5.66. The molecule has 0 bridgehead atoms. The molecule has 3 nitrogen and oxygen atoms in total. The molecule has 2 atom stereocenters. The normalized spacial score (nSPS) is 23.0. The summed E-state index contributed by atoms with van der Waals surface area (Å²) in [6.07, 6.45) is 1.58. The van der Waals surface area contributed by atoms with Crippen molar-refractivity contribution in [1.82, 2.24) is 9.80 Å². The van der Waals surface area contributed by atoms with Gasteiger partial charge in [-0.05, 0) is 18.8 Å². The van der Waals surface area contributed by atoms with E-state index in [1.165, 1.54) is 32.6 Å². The molecule has 0 aromatic carbocycles. The van der Waals surface area contributed by atoms with Gasteiger partial charge in [-0.2, -0.15) is 0 Å². The van der Waals surface area contributed by atoms with Crippen LogP contribution in [-0.4, -0.2) is 61.8 Å². The van der Waals surface area contributed by atoms with Gasteiger partial charge in [-0.15, -0.1) is 0 Å². The Balaban J connectivity index is 2.39. The monoisotopic (exact) mass is 256 g/mol. The van der Waals surface area contributed by atoms with Crippen molar-refractivity contribution in [2.24, 2.45) is 5.41 Å². The van der Waals surface area contributed by atoms with E-state index in [0.29, 0.717) is 6.10 Å². The fourth-order valence-electron chi connectivity index (χ4n) is 2.58. The van der Waals surface area contributed by atoms with Crippen LogP contribution >= 0.6 is 0 Å². The quantitative estimate of drug-likeness (QED) is 0.751. The predicted octanol–water partition coefficient (Wildman–Crippen LogP) is 2.46. The van der Waals surface area contributed by atoms with E-state index >= 15 is 0 Å². The molecule has 2 unspecified atom stereocenters. The Hall–Kier alpha value is -0.120. The number of nitrogens with zero attached hydrogens (tertiary/aromatic N) is 2. The zero-order valence-electron chi connectivity index (χ0n) is 13.2. The van der Waals surface area contributed by atoms with E-state index < -0.39 is 0 Å². The average molecular weight is 256 g/mol. The lowest BCUT2D eigenvalue weighted by atomic mass is 9.88. The molecular weight excluding hydrogens is 224 g/mol. The summed E-state index contributed by atoms with van der Waals surface area (Å²) < 4.78 is 5.66. The van der Waals surface area contributed by atoms with E-state index in [-0.39, 0.29) is 5.41 Å². The van der Waals surface area contributed by atoms with Crippen LogP contribution in [0.2, 0.25) is 0 Å². The number of ether oxygens (including phenoxy) is 1. The van der Waals surface area contributed by atoms with E-state index in [9.17, 15) is 0 Å². The number of piperazine rings is 1. The van der Waals surface area contributed by atoms with Gasteiger partial charge in [0.2, 0.25) is 0 Å². The molecule has 0 amide bonds. The molecule has 0 spiro atoms. The molecule has 108 valence electrons. The SMILES string of the molecule is CCC(C)N1CCN(CC(OC)C(C)(C)C)CC1. The van der Waals surface area contributed by atoms with Crippen LogP contribution in [0.15, 0.2) is 0 Å². The highest BCUT2D eigenvalue weighted by Gasteiger charge is 2.28. The molecule has 0 radical (unpaired) electrons. The van der Waals surface area contributed by atoms with Gasteiger partial charge in [-0.25, -0.2) is 0 Å². The standard InChI is InChI=1S/C15H32N2O/c1-7-13(2)17-10-8-16(9-11-17)12-14(18-6)15(3,4)5/h13-14H,7-12H2,1-6H3. The lowest BCUT2D eigenvalue weighted by Gasteiger charge is -2.41. The molecule has 3 heteroatoms. The van der Waals surface area contributed by atoms with E-state index in [0.717, 1.165) is 12.6 Å². The van der Waals surface area contributed by atoms with Crippen LogP contribution in [0.1, 0.15) is 41.0 Å². The van der Waals surface area contributed by atoms with Gasteiger partial charge in [0.05, 0.1) is 6.10 Å². The highest BCUT2D eigenvalue weighted by molar-refractivity contribution is 4.82. The molecule has 1 saturated heterocycles. The summed E-state index contributed by atoms with van der Waals surface area (Å²) in [5.74, 6) is 0. The molecule has 0 aromatic rings. The van der Waals surface area contributed by atoms with Gasteiger partial charge in [0.15, 0.2) is 0 Å². The third-order valence-corrected chi connectivity index (χ3v) is 4.30. The highest BCUT2D eigenvalue weighted by Crippen LogP contribution is 2.23. The second-order valence-corrected chi connectivity index (χ2v) is 6.68. The molecule has 0 aromatic heterocycles. The van der Waals surface area contributed by atoms with Crippen LogP contribution in [0.3, 0.4) is 0 Å². The molecule has 1 aliphatic rings. The summed E-state index contributed by atoms with van der Waals surface area (Å²) in [5.41, 5.74) is 0.225. The number of methoxy groups -OCH3 is 1. The van der Waals surface area contributed by atoms with Crippen LogP contribution < -0.4 is 0 Å². The smallest absolute Gasteiger partial charge is 0.0746 e. The number of rotatable bonds is 5. The van der Waals surface area contributed by atoms with Crippen molar-refractivity contribution in [3.8, 4) is 0 Å². The summed E-state index contributed by atoms with van der Waals surface area (Å²) in [7, 11) is 1.84. The fourth-order valence-corrected chi connectivity index (χ4v) is 2.58. The maximum Gasteiger partial charge on any atom is 0.0746 e. The largest absolute Gasteiger partial charge is 0.380 e. The summed E-state index contributed by atoms with van der Waals surface area (Å²) in [6.45, 7) is 17.2. The Morgan fingerprint density at radius 1 is 1.11 bits per heavy atom. The first-order chi connectivity index (χ1) is 8.38. The van der Waals surface area contributed by atoms with E-state index in [1.807, 2.05) is 7.11 Å². The third kappa shape index (κ3) is 4.52. The molecular formula is C15H32N2O. The minimum absolute atomic E-state index is 0.225. The molecule has 1 aliphatic heterocycles. The van der Waals surface area contributed by atoms with E-state index in [4.69, 9.17) is 4.74 Å². The zero-order chi connectivity index (χ0) is 13.8. The fraction of sp³-hybridized carbons (Fsp3) is 1.00. The first-order valence-corrected chi connectivity index (χ1v) is 7.37. The van der Waals surface area contributed by atoms with Crippen molar-refractivity contribution >= 4 is 0 Å². The average Bonchev–Trinajstić information content (AvgIpc) is 2.34. The lowest BCUT2D eigenvalue weighted by Crippen LogP contribution is -2.52. The lowest BCUT2D eigenvalue weighted by molar-refractivity contribution is -0.0206. The molecule has 1 fully saturated rings. The molecule has 0 N–H and O–H groups in total. The predicted molar refractivity (Wildman–Crippen MR) is 78.0 cm³/mol. The third-order valence-electron chi connectivity index (χ3n) is 4.30. The molecule has 0 saturated carbocycles. The van der Waals surface area contributed by atoms with Crippen molar-refractivity contribution < 1.29 is 4.74 Å². The van der Waals surface area contributed by atoms with Crippen molar-refractivity contribution in [1.29, 1.82) is 0 Å². The minimum Gasteiger partial charge on any atom is -0.380 e. The zero-order valence-corrected chi connectivity index (χ0v) is 13.2. The summed E-state index contributed by atoms with van der Waals surface area (Å²) in [4.78, 5) is 5.16. The Labute approximate surface area is 113 Å². The van der Waals surface area contributed by atoms with Crippen LogP contribution in [0.5, 0.6) is 0 Å². The van der Waals surface area contributed by atoms with Gasteiger partial charge in [0, 0.05) is 45.9 Å². The van der Waals surface area contributed by atoms with Gasteiger partial charge in [0.25, 0.3) is 0 Å². The summed E-state index contributed by atoms with van der Waals surface area (Å²) in [5, 5.41) is 0. The topological polar surface area (TPSA) is 15.7 Å². The van der Waals surface area contributed by atoms with Crippen LogP contribution in [-0.2, 0) is 4.74 Å². The summed E-state index contributed by atoms with van der Waals surface area (Å²) >= 11 is 0. The van der Waals surface area contributed by atoms with Crippen molar-refractivity contribution in [3.63, 3.8) is 0 Å². The number of hydrogen-bond donors (Lipinski definition) is 0. The van der Waals surface area contributed by atoms with Gasteiger partial charge in [0.1, 0.15) is 0 Å². The Bertz CT molecular complexity index is 229. The molecule has 18 heavy (non-hydrogen) atoms. The van der Waals surface area contributed by atoms with Crippen LogP contribution in [0.25, 0.3) is 0 Å². The molecule has 0 aliphatic carbocycles. The van der Waals surface area contributed by atoms with Crippen LogP contribution in [0.4, 0.5) is 0 Å². The van der Waals surface area contributed by atoms with Gasteiger partial charge < -0.3 is 4.74 Å². The molecule has 1 heterocycles. The number of hydrogen-bond acceptors (Lipinski definition) is 3. The second-order valence-electron chi connectivity index (χ2n) is 6.68. The Morgan fingerprint density at radius 3 is 2.06 bits per heavy atom. The van der Waals surface area contributed by atoms with Gasteiger partial charge in [-0.1, -0.05) is 27.7 Å². The highest BCUT2D eigenvalue weighted by atomic mass is 16.5. The van der Waals surface area contributed by atoms with Crippen molar-refractivity contribution in [3.05, 3.63) is 0 Å². The van der Waals surface area contributed by atoms with Crippen molar-refractivity contribution in [2.45, 2.75) is 53.2 Å². The van der Waals surface area contributed by atoms with E-state index in [1.54, 1.807) is 0 Å².